The summed E-state index contributed by atoms with van der Waals surface area (Å²) in [5.74, 6) is -0.902. The summed E-state index contributed by atoms with van der Waals surface area (Å²) in [7, 11) is 0. The van der Waals surface area contributed by atoms with Crippen LogP contribution in [0.3, 0.4) is 0 Å². The number of nitrogens with one attached hydrogen (secondary N) is 1. The second-order valence-corrected chi connectivity index (χ2v) is 10.2. The lowest BCUT2D eigenvalue weighted by Gasteiger charge is -2.40. The van der Waals surface area contributed by atoms with Crippen molar-refractivity contribution in [3.63, 3.8) is 0 Å². The van der Waals surface area contributed by atoms with Crippen LogP contribution in [0.2, 0.25) is 0 Å². The van der Waals surface area contributed by atoms with Crippen LogP contribution in [-0.4, -0.2) is 89.7 Å². The molecule has 1 aliphatic rings. The summed E-state index contributed by atoms with van der Waals surface area (Å²) in [6.45, 7) is 10.6. The normalized spacial score (nSPS) is 25.5. The van der Waals surface area contributed by atoms with Crippen molar-refractivity contribution in [2.45, 2.75) is 97.6 Å². The van der Waals surface area contributed by atoms with E-state index in [2.05, 4.69) is 5.32 Å². The lowest BCUT2D eigenvalue weighted by Crippen LogP contribution is -2.61. The molecule has 0 aromatic rings. The molecule has 0 aromatic carbocycles. The molecule has 0 unspecified atom stereocenters. The Hall–Kier alpha value is -1.79. The van der Waals surface area contributed by atoms with Crippen LogP contribution >= 0.6 is 0 Å². The molecule has 0 radical (unpaired) electrons. The van der Waals surface area contributed by atoms with Gasteiger partial charge in [-0.2, -0.15) is 0 Å². The Morgan fingerprint density at radius 2 is 1.37 bits per heavy atom. The average Bonchev–Trinajstić information content (AvgIpc) is 2.72. The fourth-order valence-corrected chi connectivity index (χ4v) is 3.34. The minimum Gasteiger partial charge on any atom is -0.462 e. The van der Waals surface area contributed by atoms with Crippen molar-refractivity contribution in [2.75, 3.05) is 19.8 Å². The van der Waals surface area contributed by atoms with E-state index in [9.17, 15) is 29.7 Å². The number of carbonyl (C=O) groups is 3. The molecule has 1 fully saturated rings. The van der Waals surface area contributed by atoms with E-state index in [1.165, 1.54) is 0 Å². The molecule has 0 saturated carbocycles. The number of aliphatic hydroxyl groups is 3. The van der Waals surface area contributed by atoms with Gasteiger partial charge < -0.3 is 39.6 Å². The van der Waals surface area contributed by atoms with Crippen LogP contribution in [0.4, 0.5) is 0 Å². The van der Waals surface area contributed by atoms with Gasteiger partial charge in [-0.05, 0) is 17.8 Å². The summed E-state index contributed by atoms with van der Waals surface area (Å²) < 4.78 is 21.8. The maximum Gasteiger partial charge on any atom is 0.306 e. The van der Waals surface area contributed by atoms with E-state index in [0.717, 1.165) is 0 Å². The number of esters is 2. The van der Waals surface area contributed by atoms with Gasteiger partial charge in [-0.15, -0.1) is 0 Å². The Morgan fingerprint density at radius 3 is 1.94 bits per heavy atom. The molecule has 1 saturated heterocycles. The molecule has 1 rings (SSSR count). The molecular weight excluding hydrogens is 462 g/mol. The largest absolute Gasteiger partial charge is 0.462 e. The average molecular weight is 506 g/mol. The van der Waals surface area contributed by atoms with E-state index in [4.69, 9.17) is 18.9 Å². The van der Waals surface area contributed by atoms with Crippen LogP contribution < -0.4 is 5.32 Å². The van der Waals surface area contributed by atoms with Gasteiger partial charge in [-0.25, -0.2) is 0 Å². The molecule has 1 amide bonds. The van der Waals surface area contributed by atoms with Gasteiger partial charge in [0.2, 0.25) is 5.91 Å². The molecule has 1 aliphatic heterocycles. The van der Waals surface area contributed by atoms with Gasteiger partial charge in [0, 0.05) is 25.8 Å². The lowest BCUT2D eigenvalue weighted by molar-refractivity contribution is -0.299. The molecule has 0 aliphatic carbocycles. The number of amides is 1. The van der Waals surface area contributed by atoms with Crippen molar-refractivity contribution >= 4 is 17.8 Å². The predicted molar refractivity (Wildman–Crippen MR) is 125 cm³/mol. The summed E-state index contributed by atoms with van der Waals surface area (Å²) in [6, 6.07) is 0. The molecular formula is C24H43NO10. The van der Waals surface area contributed by atoms with E-state index >= 15 is 0 Å². The standard InChI is InChI=1S/C24H43NO10/c1-13(2)7-18(26)25-10-17-21(29)22(30)23(31)24(35-17)33-12-16(34-20(28)9-15(5)6)11-32-19(27)8-14(3)4/h13-17,21-24,29-31H,7-12H2,1-6H3,(H,25,26)/t16-,17-,21-,22+,23+,24+/m1/s1. The molecule has 0 spiro atoms. The summed E-state index contributed by atoms with van der Waals surface area (Å²) in [5, 5.41) is 33.4. The highest BCUT2D eigenvalue weighted by Gasteiger charge is 2.44. The Morgan fingerprint density at radius 1 is 0.800 bits per heavy atom. The zero-order valence-corrected chi connectivity index (χ0v) is 21.6. The first-order valence-corrected chi connectivity index (χ1v) is 12.2. The van der Waals surface area contributed by atoms with Gasteiger partial charge in [-0.3, -0.25) is 14.4 Å². The van der Waals surface area contributed by atoms with Crippen molar-refractivity contribution < 1.29 is 48.7 Å². The van der Waals surface area contributed by atoms with Crippen LogP contribution in [-0.2, 0) is 33.3 Å². The highest BCUT2D eigenvalue weighted by atomic mass is 16.7. The van der Waals surface area contributed by atoms with Crippen LogP contribution in [0, 0.1) is 17.8 Å². The van der Waals surface area contributed by atoms with Gasteiger partial charge in [0.25, 0.3) is 0 Å². The third kappa shape index (κ3) is 12.1. The third-order valence-corrected chi connectivity index (χ3v) is 5.09. The number of hydrogen-bond acceptors (Lipinski definition) is 10. The first-order chi connectivity index (χ1) is 16.3. The lowest BCUT2D eigenvalue weighted by atomic mass is 9.98. The van der Waals surface area contributed by atoms with Crippen molar-refractivity contribution in [3.05, 3.63) is 0 Å². The zero-order valence-electron chi connectivity index (χ0n) is 21.6. The molecule has 35 heavy (non-hydrogen) atoms. The van der Waals surface area contributed by atoms with E-state index in [1.54, 1.807) is 0 Å². The van der Waals surface area contributed by atoms with Crippen LogP contribution in [0.25, 0.3) is 0 Å². The van der Waals surface area contributed by atoms with E-state index in [1.807, 2.05) is 41.5 Å². The summed E-state index contributed by atoms with van der Waals surface area (Å²) >= 11 is 0. The van der Waals surface area contributed by atoms with Crippen molar-refractivity contribution in [1.29, 1.82) is 0 Å². The number of ether oxygens (including phenoxy) is 4. The van der Waals surface area contributed by atoms with Gasteiger partial charge in [0.15, 0.2) is 12.4 Å². The first-order valence-electron chi connectivity index (χ1n) is 12.2. The molecule has 1 heterocycles. The minimum absolute atomic E-state index is 0.0550. The summed E-state index contributed by atoms with van der Waals surface area (Å²) in [6.07, 6.45) is -7.39. The second-order valence-electron chi connectivity index (χ2n) is 10.2. The monoisotopic (exact) mass is 505 g/mol. The highest BCUT2D eigenvalue weighted by molar-refractivity contribution is 5.76. The first kappa shape index (κ1) is 31.2. The SMILES string of the molecule is CC(C)CC(=O)NC[C@H]1O[C@H](OC[C@@H](COC(=O)CC(C)C)OC(=O)CC(C)C)[C@@H](O)[C@@H](O)[C@@H]1O. The van der Waals surface area contributed by atoms with Crippen molar-refractivity contribution in [1.82, 2.24) is 5.32 Å². The van der Waals surface area contributed by atoms with E-state index in [0.29, 0.717) is 0 Å². The number of carbonyl (C=O) groups excluding carboxylic acids is 3. The van der Waals surface area contributed by atoms with Crippen molar-refractivity contribution in [3.8, 4) is 0 Å². The predicted octanol–water partition coefficient (Wildman–Crippen LogP) is 0.520. The molecule has 4 N–H and O–H groups in total. The number of rotatable bonds is 14. The van der Waals surface area contributed by atoms with Crippen molar-refractivity contribution in [2.24, 2.45) is 17.8 Å². The number of hydrogen-bond donors (Lipinski definition) is 4. The smallest absolute Gasteiger partial charge is 0.306 e. The Kier molecular flexibility index (Phi) is 13.7. The Bertz CT molecular complexity index is 669. The number of aliphatic hydroxyl groups excluding tert-OH is 3. The third-order valence-electron chi connectivity index (χ3n) is 5.09. The second kappa shape index (κ2) is 15.4. The van der Waals surface area contributed by atoms with E-state index in [-0.39, 0.29) is 62.7 Å². The zero-order chi connectivity index (χ0) is 26.7. The molecule has 11 nitrogen and oxygen atoms in total. The fraction of sp³-hybridized carbons (Fsp3) is 0.875. The van der Waals surface area contributed by atoms with Crippen LogP contribution in [0.5, 0.6) is 0 Å². The van der Waals surface area contributed by atoms with Gasteiger partial charge in [-0.1, -0.05) is 41.5 Å². The molecule has 6 atom stereocenters. The maximum atomic E-state index is 12.2. The Labute approximate surface area is 207 Å². The minimum atomic E-state index is -1.59. The molecule has 204 valence electrons. The molecule has 0 aromatic heterocycles. The quantitative estimate of drug-likeness (QED) is 0.245. The Balaban J connectivity index is 2.76. The molecule has 0 bridgehead atoms. The van der Waals surface area contributed by atoms with Gasteiger partial charge in [0.1, 0.15) is 31.0 Å². The fourth-order valence-electron chi connectivity index (χ4n) is 3.34. The van der Waals surface area contributed by atoms with Gasteiger partial charge in [0.05, 0.1) is 6.61 Å². The van der Waals surface area contributed by atoms with Gasteiger partial charge >= 0.3 is 11.9 Å². The molecule has 11 heteroatoms. The van der Waals surface area contributed by atoms with Crippen LogP contribution in [0.1, 0.15) is 60.8 Å². The van der Waals surface area contributed by atoms with E-state index < -0.39 is 48.7 Å². The topological polar surface area (TPSA) is 161 Å². The van der Waals surface area contributed by atoms with Crippen LogP contribution in [0.15, 0.2) is 0 Å². The maximum absolute atomic E-state index is 12.2. The summed E-state index contributed by atoms with van der Waals surface area (Å²) in [4.78, 5) is 36.0. The highest BCUT2D eigenvalue weighted by Crippen LogP contribution is 2.22. The summed E-state index contributed by atoms with van der Waals surface area (Å²) in [5.41, 5.74) is 0.